The molecule has 2 aromatic heterocycles. The number of hydrogen-bond donors (Lipinski definition) is 0. The summed E-state index contributed by atoms with van der Waals surface area (Å²) in [7, 11) is -1.79. The van der Waals surface area contributed by atoms with Gasteiger partial charge in [-0.3, -0.25) is 9.10 Å². The average Bonchev–Trinajstić information content (AvgIpc) is 3.37. The van der Waals surface area contributed by atoms with Crippen LogP contribution in [-0.2, 0) is 30.2 Å². The van der Waals surface area contributed by atoms with E-state index in [2.05, 4.69) is 16.8 Å². The maximum absolute atomic E-state index is 13.4. The van der Waals surface area contributed by atoms with E-state index >= 15 is 0 Å². The first-order valence-corrected chi connectivity index (χ1v) is 13.5. The van der Waals surface area contributed by atoms with Crippen molar-refractivity contribution in [2.45, 2.75) is 18.2 Å². The van der Waals surface area contributed by atoms with Gasteiger partial charge in [-0.25, -0.2) is 12.8 Å². The highest BCUT2D eigenvalue weighted by molar-refractivity contribution is 7.99. The van der Waals surface area contributed by atoms with Gasteiger partial charge in [0.2, 0.25) is 10.0 Å². The molecule has 0 spiro atoms. The van der Waals surface area contributed by atoms with Crippen molar-refractivity contribution in [3.05, 3.63) is 84.6 Å². The fourth-order valence-electron chi connectivity index (χ4n) is 3.76. The van der Waals surface area contributed by atoms with Crippen molar-refractivity contribution in [3.63, 3.8) is 0 Å². The normalized spacial score (nSPS) is 11.6. The van der Waals surface area contributed by atoms with Gasteiger partial charge in [-0.1, -0.05) is 36.0 Å². The number of allylic oxidation sites excluding steroid dienone is 1. The van der Waals surface area contributed by atoms with Gasteiger partial charge in [-0.05, 0) is 30.3 Å². The molecule has 0 aliphatic carbocycles. The lowest BCUT2D eigenvalue weighted by Gasteiger charge is -2.22. The number of fused-ring (bicyclic) bond motifs is 1. The highest BCUT2D eigenvalue weighted by Gasteiger charge is 2.23. The van der Waals surface area contributed by atoms with Crippen molar-refractivity contribution in [1.29, 1.82) is 0 Å². The second-order valence-corrected chi connectivity index (χ2v) is 10.8. The van der Waals surface area contributed by atoms with E-state index in [9.17, 15) is 17.6 Å². The van der Waals surface area contributed by atoms with Crippen LogP contribution in [0, 0.1) is 5.82 Å². The van der Waals surface area contributed by atoms with Crippen LogP contribution in [0.1, 0.15) is 16.2 Å². The molecule has 0 saturated heterocycles. The largest absolute Gasteiger partial charge is 0.350 e. The third-order valence-electron chi connectivity index (χ3n) is 5.43. The Balaban J connectivity index is 1.58. The quantitative estimate of drug-likeness (QED) is 0.181. The Hall–Kier alpha value is -3.44. The summed E-state index contributed by atoms with van der Waals surface area (Å²) in [4.78, 5) is 13.0. The Morgan fingerprint density at radius 2 is 1.89 bits per heavy atom. The number of para-hydroxylation sites is 1. The number of carbonyl (C=O) groups is 1. The molecule has 0 bridgehead atoms. The molecule has 0 amide bonds. The maximum atomic E-state index is 13.4. The lowest BCUT2D eigenvalue weighted by Crippen LogP contribution is -2.30. The molecule has 0 fully saturated rings. The van der Waals surface area contributed by atoms with Crippen molar-refractivity contribution < 1.29 is 17.6 Å². The first-order valence-electron chi connectivity index (χ1n) is 10.7. The summed E-state index contributed by atoms with van der Waals surface area (Å²) >= 11 is 1.23. The second kappa shape index (κ2) is 10.0. The SMILES string of the molecule is C=CCn1c(CN(c2ccc(F)cc2)S(C)(=O)=O)nnc1SCC(=O)c1cn(C)c2ccccc12. The zero-order valence-corrected chi connectivity index (χ0v) is 20.9. The molecule has 182 valence electrons. The highest BCUT2D eigenvalue weighted by Crippen LogP contribution is 2.26. The van der Waals surface area contributed by atoms with E-state index in [4.69, 9.17) is 0 Å². The molecular formula is C24H24FN5O3S2. The number of nitrogens with zero attached hydrogens (tertiary/aromatic N) is 5. The molecule has 4 rings (SSSR count). The monoisotopic (exact) mass is 513 g/mol. The number of thioether (sulfide) groups is 1. The number of halogens is 1. The van der Waals surface area contributed by atoms with E-state index in [0.717, 1.165) is 21.5 Å². The van der Waals surface area contributed by atoms with Crippen LogP contribution in [0.5, 0.6) is 0 Å². The number of anilines is 1. The highest BCUT2D eigenvalue weighted by atomic mass is 32.2. The third-order valence-corrected chi connectivity index (χ3v) is 7.54. The number of hydrogen-bond acceptors (Lipinski definition) is 6. The van der Waals surface area contributed by atoms with Crippen LogP contribution < -0.4 is 4.31 Å². The van der Waals surface area contributed by atoms with E-state index in [1.165, 1.54) is 36.0 Å². The van der Waals surface area contributed by atoms with Crippen LogP contribution in [0.15, 0.2) is 72.5 Å². The number of sulfonamides is 1. The van der Waals surface area contributed by atoms with Crippen molar-refractivity contribution in [3.8, 4) is 0 Å². The van der Waals surface area contributed by atoms with Crippen LogP contribution in [-0.4, -0.2) is 45.5 Å². The van der Waals surface area contributed by atoms with Gasteiger partial charge < -0.3 is 9.13 Å². The Bertz CT molecular complexity index is 1490. The van der Waals surface area contributed by atoms with Crippen LogP contribution in [0.2, 0.25) is 0 Å². The number of Topliss-reactive ketones (excluding diaryl/α,β-unsaturated/α-hetero) is 1. The topological polar surface area (TPSA) is 90.1 Å². The van der Waals surface area contributed by atoms with Gasteiger partial charge >= 0.3 is 0 Å². The molecule has 0 saturated carbocycles. The number of ketones is 1. The van der Waals surface area contributed by atoms with Gasteiger partial charge in [0.05, 0.1) is 24.2 Å². The lowest BCUT2D eigenvalue weighted by atomic mass is 10.1. The molecule has 11 heteroatoms. The van der Waals surface area contributed by atoms with Crippen molar-refractivity contribution >= 4 is 44.2 Å². The van der Waals surface area contributed by atoms with Gasteiger partial charge in [0, 0.05) is 36.3 Å². The summed E-state index contributed by atoms with van der Waals surface area (Å²) in [5.74, 6) is -0.00580. The summed E-state index contributed by atoms with van der Waals surface area (Å²) in [5, 5.41) is 9.74. The summed E-state index contributed by atoms with van der Waals surface area (Å²) in [6.07, 6.45) is 4.54. The van der Waals surface area contributed by atoms with Gasteiger partial charge in [0.15, 0.2) is 16.8 Å². The van der Waals surface area contributed by atoms with E-state index in [-0.39, 0.29) is 18.1 Å². The van der Waals surface area contributed by atoms with Crippen LogP contribution in [0.25, 0.3) is 10.9 Å². The molecule has 35 heavy (non-hydrogen) atoms. The number of aryl methyl sites for hydroxylation is 1. The minimum Gasteiger partial charge on any atom is -0.350 e. The molecule has 0 aliphatic rings. The summed E-state index contributed by atoms with van der Waals surface area (Å²) < 4.78 is 43.1. The van der Waals surface area contributed by atoms with E-state index in [1.54, 1.807) is 10.6 Å². The molecule has 2 heterocycles. The number of benzene rings is 2. The lowest BCUT2D eigenvalue weighted by molar-refractivity contribution is 0.102. The Labute approximate surface area is 207 Å². The molecule has 0 radical (unpaired) electrons. The number of aromatic nitrogens is 4. The van der Waals surface area contributed by atoms with Crippen LogP contribution in [0.3, 0.4) is 0 Å². The van der Waals surface area contributed by atoms with E-state index in [1.807, 2.05) is 42.1 Å². The third kappa shape index (κ3) is 5.30. The molecule has 4 aromatic rings. The smallest absolute Gasteiger partial charge is 0.232 e. The predicted molar refractivity (Wildman–Crippen MR) is 136 cm³/mol. The Morgan fingerprint density at radius 3 is 2.57 bits per heavy atom. The number of carbonyl (C=O) groups excluding carboxylic acids is 1. The van der Waals surface area contributed by atoms with Gasteiger partial charge in [-0.2, -0.15) is 0 Å². The predicted octanol–water partition coefficient (Wildman–Crippen LogP) is 4.04. The van der Waals surface area contributed by atoms with Gasteiger partial charge in [0.25, 0.3) is 0 Å². The van der Waals surface area contributed by atoms with Crippen molar-refractivity contribution in [2.24, 2.45) is 7.05 Å². The first kappa shape index (κ1) is 24.7. The summed E-state index contributed by atoms with van der Waals surface area (Å²) in [6.45, 7) is 3.98. The zero-order valence-electron chi connectivity index (χ0n) is 19.3. The zero-order chi connectivity index (χ0) is 25.2. The minimum absolute atomic E-state index is 0.0504. The Morgan fingerprint density at radius 1 is 1.17 bits per heavy atom. The Kier molecular flexibility index (Phi) is 7.08. The van der Waals surface area contributed by atoms with Gasteiger partial charge in [0.1, 0.15) is 5.82 Å². The summed E-state index contributed by atoms with van der Waals surface area (Å²) in [5.41, 5.74) is 1.91. The minimum atomic E-state index is -3.69. The summed E-state index contributed by atoms with van der Waals surface area (Å²) in [6, 6.07) is 12.9. The molecule has 2 aromatic carbocycles. The van der Waals surface area contributed by atoms with Crippen molar-refractivity contribution in [1.82, 2.24) is 19.3 Å². The van der Waals surface area contributed by atoms with Crippen molar-refractivity contribution in [2.75, 3.05) is 16.3 Å². The fourth-order valence-corrected chi connectivity index (χ4v) is 5.47. The molecule has 0 atom stereocenters. The molecule has 0 N–H and O–H groups in total. The maximum Gasteiger partial charge on any atom is 0.232 e. The fraction of sp³-hybridized carbons (Fsp3) is 0.208. The molecular weight excluding hydrogens is 489 g/mol. The molecule has 8 nitrogen and oxygen atoms in total. The standard InChI is InChI=1S/C24H24FN5O3S2/c1-4-13-29-23(15-30(35(3,32)33)18-11-9-17(25)10-12-18)26-27-24(29)34-16-22(31)20-14-28(2)21-8-6-5-7-19(20)21/h4-12,14H,1,13,15-16H2,2-3H3. The molecule has 0 unspecified atom stereocenters. The van der Waals surface area contributed by atoms with E-state index in [0.29, 0.717) is 28.8 Å². The average molecular weight is 514 g/mol. The van der Waals surface area contributed by atoms with Crippen LogP contribution in [0.4, 0.5) is 10.1 Å². The second-order valence-electron chi connectivity index (χ2n) is 7.93. The number of rotatable bonds is 10. The van der Waals surface area contributed by atoms with Crippen LogP contribution >= 0.6 is 11.8 Å². The van der Waals surface area contributed by atoms with Gasteiger partial charge in [-0.15, -0.1) is 16.8 Å². The van der Waals surface area contributed by atoms with E-state index < -0.39 is 15.8 Å². The first-order chi connectivity index (χ1) is 16.7. The molecule has 0 aliphatic heterocycles.